The summed E-state index contributed by atoms with van der Waals surface area (Å²) in [5.74, 6) is -3.21. The zero-order valence-corrected chi connectivity index (χ0v) is 20.4. The highest BCUT2D eigenvalue weighted by Crippen LogP contribution is 2.16. The van der Waals surface area contributed by atoms with Gasteiger partial charge in [0.25, 0.3) is 0 Å². The zero-order chi connectivity index (χ0) is 24.3. The Labute approximate surface area is 199 Å². The fourth-order valence-corrected chi connectivity index (χ4v) is 3.55. The van der Waals surface area contributed by atoms with Crippen LogP contribution in [0.2, 0.25) is 0 Å². The van der Waals surface area contributed by atoms with Crippen molar-refractivity contribution in [3.63, 3.8) is 0 Å². The Morgan fingerprint density at radius 3 is 2.06 bits per heavy atom. The Morgan fingerprint density at radius 2 is 1.48 bits per heavy atom. The number of nitrogens with one attached hydrogen (secondary N) is 1. The van der Waals surface area contributed by atoms with Gasteiger partial charge in [-0.2, -0.15) is 0 Å². The molecule has 1 aromatic carbocycles. The Morgan fingerprint density at radius 1 is 0.909 bits per heavy atom. The lowest BCUT2D eigenvalue weighted by Crippen LogP contribution is -2.32. The third kappa shape index (κ3) is 12.2. The fourth-order valence-electron chi connectivity index (χ4n) is 3.55. The second-order valence-electron chi connectivity index (χ2n) is 8.27. The first-order valence-corrected chi connectivity index (χ1v) is 12.3. The van der Waals surface area contributed by atoms with Crippen LogP contribution < -0.4 is 5.32 Å². The highest BCUT2D eigenvalue weighted by atomic mass is 16.5. The zero-order valence-electron chi connectivity index (χ0n) is 20.4. The van der Waals surface area contributed by atoms with Crippen molar-refractivity contribution in [1.82, 2.24) is 0 Å². The number of rotatable bonds is 19. The molecule has 1 aromatic rings. The largest absolute Gasteiger partial charge is 0.465 e. The summed E-state index contributed by atoms with van der Waals surface area (Å²) >= 11 is 0. The van der Waals surface area contributed by atoms with Crippen LogP contribution in [0.3, 0.4) is 0 Å². The van der Waals surface area contributed by atoms with Crippen molar-refractivity contribution in [2.24, 2.45) is 5.92 Å². The lowest BCUT2D eigenvalue weighted by Gasteiger charge is -2.12. The van der Waals surface area contributed by atoms with Crippen molar-refractivity contribution in [2.75, 3.05) is 18.5 Å². The molecule has 1 atom stereocenters. The van der Waals surface area contributed by atoms with Gasteiger partial charge in [-0.15, -0.1) is 6.58 Å². The average Bonchev–Trinajstić information content (AvgIpc) is 2.79. The quantitative estimate of drug-likeness (QED) is 0.0827. The number of unbranched alkanes of at least 4 members (excludes halogenated alkanes) is 8. The van der Waals surface area contributed by atoms with Crippen molar-refractivity contribution < 1.29 is 19.1 Å². The molecule has 1 N–H and O–H groups in total. The minimum absolute atomic E-state index is 0.130. The molecule has 33 heavy (non-hydrogen) atoms. The van der Waals surface area contributed by atoms with Gasteiger partial charge in [-0.05, 0) is 76.6 Å². The van der Waals surface area contributed by atoms with Crippen LogP contribution in [0.15, 0.2) is 49.1 Å². The maximum Gasteiger partial charge on any atom is 0.324 e. The van der Waals surface area contributed by atoms with E-state index in [-0.39, 0.29) is 6.61 Å². The first kappa shape index (κ1) is 28.3. The minimum Gasteiger partial charge on any atom is -0.465 e. The molecule has 182 valence electrons. The summed E-state index contributed by atoms with van der Waals surface area (Å²) in [6.45, 7) is 7.59. The Bertz CT molecular complexity index is 752. The topological polar surface area (TPSA) is 72.5 Å². The molecule has 0 aliphatic heterocycles. The summed E-state index contributed by atoms with van der Waals surface area (Å²) in [4.78, 5) is 36.3. The number of allylic oxidation sites excluding steroid dienone is 3. The van der Waals surface area contributed by atoms with Crippen LogP contribution in [-0.4, -0.2) is 30.7 Å². The van der Waals surface area contributed by atoms with Gasteiger partial charge in [-0.1, -0.05) is 43.9 Å². The number of carbonyl (C=O) groups excluding carboxylic acids is 3. The number of ketones is 2. The number of hydrogen-bond donors (Lipinski definition) is 1. The van der Waals surface area contributed by atoms with Gasteiger partial charge in [0, 0.05) is 17.8 Å². The highest BCUT2D eigenvalue weighted by Gasteiger charge is 2.33. The number of benzene rings is 1. The van der Waals surface area contributed by atoms with Crippen molar-refractivity contribution in [2.45, 2.75) is 78.1 Å². The lowest BCUT2D eigenvalue weighted by atomic mass is 9.94. The maximum atomic E-state index is 12.6. The van der Waals surface area contributed by atoms with E-state index in [9.17, 15) is 14.4 Å². The number of esters is 1. The molecule has 0 amide bonds. The van der Waals surface area contributed by atoms with Crippen LogP contribution in [0, 0.1) is 5.92 Å². The smallest absolute Gasteiger partial charge is 0.324 e. The van der Waals surface area contributed by atoms with E-state index in [4.69, 9.17) is 4.74 Å². The molecule has 1 unspecified atom stereocenters. The molecule has 0 bridgehead atoms. The number of hydrogen-bond acceptors (Lipinski definition) is 5. The van der Waals surface area contributed by atoms with Gasteiger partial charge in [0.15, 0.2) is 17.5 Å². The van der Waals surface area contributed by atoms with E-state index in [1.807, 2.05) is 6.08 Å². The molecular weight excluding hydrogens is 414 g/mol. The van der Waals surface area contributed by atoms with E-state index in [2.05, 4.69) is 24.0 Å². The predicted octanol–water partition coefficient (Wildman–Crippen LogP) is 6.69. The SMILES string of the molecule is C=CCCCCCCCCC=CCCCNc1ccc(C(=O)C(C(C)=O)C(=O)OCC)cc1. The molecule has 5 heteroatoms. The van der Waals surface area contributed by atoms with Gasteiger partial charge in [0.1, 0.15) is 0 Å². The van der Waals surface area contributed by atoms with E-state index in [0.717, 1.165) is 37.9 Å². The number of carbonyl (C=O) groups is 3. The monoisotopic (exact) mass is 455 g/mol. The summed E-state index contributed by atoms with van der Waals surface area (Å²) in [5.41, 5.74) is 1.23. The first-order valence-electron chi connectivity index (χ1n) is 12.3. The van der Waals surface area contributed by atoms with E-state index in [1.54, 1.807) is 31.2 Å². The van der Waals surface area contributed by atoms with Crippen molar-refractivity contribution in [3.05, 3.63) is 54.6 Å². The maximum absolute atomic E-state index is 12.6. The van der Waals surface area contributed by atoms with Gasteiger partial charge in [0.05, 0.1) is 6.61 Å². The van der Waals surface area contributed by atoms with Crippen molar-refractivity contribution in [3.8, 4) is 0 Å². The standard InChI is InChI=1S/C28H41NO4/c1-4-6-7-8-9-10-11-12-13-14-15-16-17-22-29-25-20-18-24(19-21-25)27(31)26(23(3)30)28(32)33-5-2/h4,14-15,18-21,26,29H,1,5-13,16-17,22H2,2-3H3. The van der Waals surface area contributed by atoms with E-state index in [0.29, 0.717) is 5.56 Å². The summed E-state index contributed by atoms with van der Waals surface area (Å²) in [6.07, 6.45) is 18.7. The highest BCUT2D eigenvalue weighted by molar-refractivity contribution is 6.22. The molecule has 1 rings (SSSR count). The summed E-state index contributed by atoms with van der Waals surface area (Å²) < 4.78 is 4.86. The molecular formula is C28H41NO4. The Balaban J connectivity index is 2.23. The molecule has 5 nitrogen and oxygen atoms in total. The summed E-state index contributed by atoms with van der Waals surface area (Å²) in [5, 5.41) is 3.34. The molecule has 0 saturated carbocycles. The molecule has 0 heterocycles. The third-order valence-corrected chi connectivity index (χ3v) is 5.43. The Hall–Kier alpha value is -2.69. The average molecular weight is 456 g/mol. The van der Waals surface area contributed by atoms with Crippen molar-refractivity contribution in [1.29, 1.82) is 0 Å². The molecule has 0 saturated heterocycles. The van der Waals surface area contributed by atoms with Crippen molar-refractivity contribution >= 4 is 23.2 Å². The van der Waals surface area contributed by atoms with Crippen LogP contribution >= 0.6 is 0 Å². The van der Waals surface area contributed by atoms with Gasteiger partial charge < -0.3 is 10.1 Å². The molecule has 0 fully saturated rings. The number of ether oxygens (including phenoxy) is 1. The molecule has 0 aliphatic carbocycles. The first-order chi connectivity index (χ1) is 16.0. The number of anilines is 1. The van der Waals surface area contributed by atoms with Crippen LogP contribution in [0.1, 0.15) is 88.4 Å². The van der Waals surface area contributed by atoms with E-state index < -0.39 is 23.5 Å². The van der Waals surface area contributed by atoms with Gasteiger partial charge in [-0.3, -0.25) is 14.4 Å². The van der Waals surface area contributed by atoms with E-state index >= 15 is 0 Å². The van der Waals surface area contributed by atoms with Gasteiger partial charge in [-0.25, -0.2) is 0 Å². The van der Waals surface area contributed by atoms with Gasteiger partial charge in [0.2, 0.25) is 0 Å². The second-order valence-corrected chi connectivity index (χ2v) is 8.27. The molecule has 0 radical (unpaired) electrons. The van der Waals surface area contributed by atoms with Crippen LogP contribution in [0.25, 0.3) is 0 Å². The van der Waals surface area contributed by atoms with E-state index in [1.165, 1.54) is 45.4 Å². The van der Waals surface area contributed by atoms with Crippen LogP contribution in [-0.2, 0) is 14.3 Å². The predicted molar refractivity (Wildman–Crippen MR) is 136 cm³/mol. The lowest BCUT2D eigenvalue weighted by molar-refractivity contribution is -0.148. The summed E-state index contributed by atoms with van der Waals surface area (Å²) in [6, 6.07) is 6.87. The molecule has 0 spiro atoms. The fraction of sp³-hybridized carbons (Fsp3) is 0.536. The third-order valence-electron chi connectivity index (χ3n) is 5.43. The van der Waals surface area contributed by atoms with Gasteiger partial charge >= 0.3 is 5.97 Å². The second kappa shape index (κ2) is 17.8. The Kier molecular flexibility index (Phi) is 15.3. The normalized spacial score (nSPS) is 11.8. The summed E-state index contributed by atoms with van der Waals surface area (Å²) in [7, 11) is 0. The van der Waals surface area contributed by atoms with Crippen LogP contribution in [0.5, 0.6) is 0 Å². The number of Topliss-reactive ketones (excluding diaryl/α,β-unsaturated/α-hetero) is 2. The molecule has 0 aromatic heterocycles. The minimum atomic E-state index is -1.39. The molecule has 0 aliphatic rings. The van der Waals surface area contributed by atoms with Crippen LogP contribution in [0.4, 0.5) is 5.69 Å².